The van der Waals surface area contributed by atoms with Crippen LogP contribution in [-0.2, 0) is 18.3 Å². The Morgan fingerprint density at radius 2 is 2.00 bits per heavy atom. The van der Waals surface area contributed by atoms with Gasteiger partial charge >= 0.3 is 0 Å². The molecule has 3 heterocycles. The van der Waals surface area contributed by atoms with Crippen LogP contribution in [0.3, 0.4) is 0 Å². The van der Waals surface area contributed by atoms with Gasteiger partial charge in [0.15, 0.2) is 0 Å². The van der Waals surface area contributed by atoms with Crippen LogP contribution in [0.15, 0.2) is 55.0 Å². The maximum absolute atomic E-state index is 12.4. The van der Waals surface area contributed by atoms with Gasteiger partial charge in [-0.05, 0) is 30.2 Å². The second-order valence-corrected chi connectivity index (χ2v) is 7.14. The zero-order valence-corrected chi connectivity index (χ0v) is 14.4. The number of hydrogen-bond donors (Lipinski definition) is 0. The SMILES string of the molecule is Cn1cc(C2SCC(=O)N2CCc2ccncc2)c2ccccc21. The molecule has 5 heteroatoms. The lowest BCUT2D eigenvalue weighted by molar-refractivity contribution is -0.128. The van der Waals surface area contributed by atoms with Crippen molar-refractivity contribution >= 4 is 28.6 Å². The highest BCUT2D eigenvalue weighted by Gasteiger charge is 2.34. The minimum Gasteiger partial charge on any atom is -0.350 e. The van der Waals surface area contributed by atoms with Gasteiger partial charge in [-0.1, -0.05) is 18.2 Å². The molecule has 2 aromatic heterocycles. The Balaban J connectivity index is 1.62. The number of aromatic nitrogens is 2. The Labute approximate surface area is 145 Å². The van der Waals surface area contributed by atoms with Crippen LogP contribution < -0.4 is 0 Å². The summed E-state index contributed by atoms with van der Waals surface area (Å²) < 4.78 is 2.15. The van der Waals surface area contributed by atoms with Crippen LogP contribution in [0.5, 0.6) is 0 Å². The van der Waals surface area contributed by atoms with E-state index >= 15 is 0 Å². The number of nitrogens with zero attached hydrogens (tertiary/aromatic N) is 3. The van der Waals surface area contributed by atoms with Crippen molar-refractivity contribution in [3.05, 3.63) is 66.1 Å². The molecule has 1 saturated heterocycles. The molecule has 1 aliphatic heterocycles. The monoisotopic (exact) mass is 337 g/mol. The predicted molar refractivity (Wildman–Crippen MR) is 97.8 cm³/mol. The third-order valence-electron chi connectivity index (χ3n) is 4.55. The minimum atomic E-state index is 0.102. The Morgan fingerprint density at radius 1 is 1.21 bits per heavy atom. The summed E-state index contributed by atoms with van der Waals surface area (Å²) in [6, 6.07) is 12.4. The first-order valence-corrected chi connectivity index (χ1v) is 9.13. The van der Waals surface area contributed by atoms with Crippen LogP contribution in [0.1, 0.15) is 16.5 Å². The molecule has 0 spiro atoms. The number of amides is 1. The summed E-state index contributed by atoms with van der Waals surface area (Å²) in [6.07, 6.45) is 6.63. The molecule has 4 rings (SSSR count). The lowest BCUT2D eigenvalue weighted by atomic mass is 10.1. The van der Waals surface area contributed by atoms with E-state index in [1.807, 2.05) is 17.0 Å². The van der Waals surface area contributed by atoms with Gasteiger partial charge < -0.3 is 9.47 Å². The quantitative estimate of drug-likeness (QED) is 0.732. The second-order valence-electron chi connectivity index (χ2n) is 6.07. The Hall–Kier alpha value is -2.27. The zero-order valence-electron chi connectivity index (χ0n) is 13.6. The highest BCUT2D eigenvalue weighted by atomic mass is 32.2. The van der Waals surface area contributed by atoms with Crippen LogP contribution in [0.4, 0.5) is 0 Å². The Bertz CT molecular complexity index is 875. The number of rotatable bonds is 4. The van der Waals surface area contributed by atoms with Gasteiger partial charge in [0.2, 0.25) is 5.91 Å². The van der Waals surface area contributed by atoms with Crippen molar-refractivity contribution in [3.8, 4) is 0 Å². The summed E-state index contributed by atoms with van der Waals surface area (Å²) >= 11 is 1.73. The molecule has 0 saturated carbocycles. The third kappa shape index (κ3) is 2.69. The fourth-order valence-corrected chi connectivity index (χ4v) is 4.56. The van der Waals surface area contributed by atoms with Crippen molar-refractivity contribution in [1.82, 2.24) is 14.5 Å². The van der Waals surface area contributed by atoms with E-state index in [2.05, 4.69) is 47.1 Å². The second kappa shape index (κ2) is 6.32. The van der Waals surface area contributed by atoms with E-state index in [4.69, 9.17) is 0 Å². The fourth-order valence-electron chi connectivity index (χ4n) is 3.32. The van der Waals surface area contributed by atoms with Crippen molar-refractivity contribution in [3.63, 3.8) is 0 Å². The summed E-state index contributed by atoms with van der Waals surface area (Å²) in [5.41, 5.74) is 3.66. The molecule has 0 radical (unpaired) electrons. The number of hydrogen-bond acceptors (Lipinski definition) is 3. The molecule has 1 atom stereocenters. The van der Waals surface area contributed by atoms with Crippen LogP contribution in [-0.4, -0.2) is 32.7 Å². The number of carbonyl (C=O) groups is 1. The van der Waals surface area contributed by atoms with Gasteiger partial charge in [0.25, 0.3) is 0 Å². The average Bonchev–Trinajstić information content (AvgIpc) is 3.14. The first-order valence-electron chi connectivity index (χ1n) is 8.08. The maximum Gasteiger partial charge on any atom is 0.233 e. The molecule has 1 aliphatic rings. The molecule has 122 valence electrons. The van der Waals surface area contributed by atoms with Gasteiger partial charge in [0.05, 0.1) is 5.75 Å². The number of benzene rings is 1. The van der Waals surface area contributed by atoms with Gasteiger partial charge in [-0.25, -0.2) is 0 Å². The van der Waals surface area contributed by atoms with E-state index in [1.165, 1.54) is 22.0 Å². The normalized spacial score (nSPS) is 17.8. The molecule has 4 nitrogen and oxygen atoms in total. The molecule has 1 fully saturated rings. The van der Waals surface area contributed by atoms with Gasteiger partial charge in [0.1, 0.15) is 5.37 Å². The standard InChI is InChI=1S/C19H19N3OS/c1-21-12-16(15-4-2-3-5-17(15)21)19-22(18(23)13-24-19)11-8-14-6-9-20-10-7-14/h2-7,9-10,12,19H,8,11,13H2,1H3. The van der Waals surface area contributed by atoms with E-state index in [0.29, 0.717) is 5.75 Å². The molecule has 24 heavy (non-hydrogen) atoms. The van der Waals surface area contributed by atoms with Crippen molar-refractivity contribution in [1.29, 1.82) is 0 Å². The molecule has 1 unspecified atom stereocenters. The minimum absolute atomic E-state index is 0.102. The zero-order chi connectivity index (χ0) is 16.5. The lowest BCUT2D eigenvalue weighted by Crippen LogP contribution is -2.30. The number of aryl methyl sites for hydroxylation is 1. The number of para-hydroxylation sites is 1. The number of thioether (sulfide) groups is 1. The first-order chi connectivity index (χ1) is 11.7. The first kappa shape index (κ1) is 15.3. The number of carbonyl (C=O) groups excluding carboxylic acids is 1. The van der Waals surface area contributed by atoms with Crippen LogP contribution in [0.2, 0.25) is 0 Å². The van der Waals surface area contributed by atoms with Crippen molar-refractivity contribution in [2.45, 2.75) is 11.8 Å². The molecule has 0 aliphatic carbocycles. The van der Waals surface area contributed by atoms with Gasteiger partial charge in [-0.2, -0.15) is 0 Å². The molecule has 0 N–H and O–H groups in total. The lowest BCUT2D eigenvalue weighted by Gasteiger charge is -2.23. The topological polar surface area (TPSA) is 38.1 Å². The summed E-state index contributed by atoms with van der Waals surface area (Å²) in [6.45, 7) is 0.740. The van der Waals surface area contributed by atoms with Gasteiger partial charge in [0, 0.05) is 48.6 Å². The molecular formula is C19H19N3OS. The average molecular weight is 337 g/mol. The number of fused-ring (bicyclic) bond motifs is 1. The van der Waals surface area contributed by atoms with Crippen LogP contribution >= 0.6 is 11.8 Å². The highest BCUT2D eigenvalue weighted by molar-refractivity contribution is 8.00. The molecular weight excluding hydrogens is 318 g/mol. The molecule has 1 aromatic carbocycles. The van der Waals surface area contributed by atoms with Crippen molar-refractivity contribution < 1.29 is 4.79 Å². The highest BCUT2D eigenvalue weighted by Crippen LogP contribution is 2.42. The van der Waals surface area contributed by atoms with E-state index < -0.39 is 0 Å². The fraction of sp³-hybridized carbons (Fsp3) is 0.263. The number of pyridine rings is 1. The van der Waals surface area contributed by atoms with Gasteiger partial charge in [-0.15, -0.1) is 11.8 Å². The van der Waals surface area contributed by atoms with Crippen LogP contribution in [0.25, 0.3) is 10.9 Å². The van der Waals surface area contributed by atoms with E-state index in [9.17, 15) is 4.79 Å². The molecule has 1 amide bonds. The van der Waals surface area contributed by atoms with Crippen LogP contribution in [0, 0.1) is 0 Å². The summed E-state index contributed by atoms with van der Waals surface area (Å²) in [5.74, 6) is 0.788. The summed E-state index contributed by atoms with van der Waals surface area (Å²) in [5, 5.41) is 1.34. The molecule has 3 aromatic rings. The smallest absolute Gasteiger partial charge is 0.233 e. The van der Waals surface area contributed by atoms with E-state index in [1.54, 1.807) is 24.2 Å². The van der Waals surface area contributed by atoms with Crippen molar-refractivity contribution in [2.24, 2.45) is 7.05 Å². The third-order valence-corrected chi connectivity index (χ3v) is 5.79. The van der Waals surface area contributed by atoms with Crippen molar-refractivity contribution in [2.75, 3.05) is 12.3 Å². The maximum atomic E-state index is 12.4. The largest absolute Gasteiger partial charge is 0.350 e. The van der Waals surface area contributed by atoms with Gasteiger partial charge in [-0.3, -0.25) is 9.78 Å². The van der Waals surface area contributed by atoms with E-state index in [-0.39, 0.29) is 11.3 Å². The summed E-state index contributed by atoms with van der Waals surface area (Å²) in [4.78, 5) is 18.5. The predicted octanol–water partition coefficient (Wildman–Crippen LogP) is 3.39. The molecule has 0 bridgehead atoms. The van der Waals surface area contributed by atoms with E-state index in [0.717, 1.165) is 13.0 Å². The Morgan fingerprint density at radius 3 is 2.83 bits per heavy atom. The summed E-state index contributed by atoms with van der Waals surface area (Å²) in [7, 11) is 2.06. The Kier molecular flexibility index (Phi) is 4.02.